The summed E-state index contributed by atoms with van der Waals surface area (Å²) in [5, 5.41) is 4.33. The van der Waals surface area contributed by atoms with Crippen LogP contribution in [-0.4, -0.2) is 22.5 Å². The van der Waals surface area contributed by atoms with Gasteiger partial charge in [-0.3, -0.25) is 9.69 Å². The molecule has 140 valence electrons. The number of benzene rings is 2. The van der Waals surface area contributed by atoms with E-state index in [1.807, 2.05) is 31.2 Å². The molecule has 8 heteroatoms. The second-order valence-electron chi connectivity index (χ2n) is 5.76. The van der Waals surface area contributed by atoms with Gasteiger partial charge < -0.3 is 10.1 Å². The molecule has 3 rings (SSSR count). The minimum atomic E-state index is -0.155. The van der Waals surface area contributed by atoms with Crippen LogP contribution in [0.15, 0.2) is 46.6 Å². The summed E-state index contributed by atoms with van der Waals surface area (Å²) in [5.41, 5.74) is 2.06. The van der Waals surface area contributed by atoms with E-state index in [0.29, 0.717) is 39.8 Å². The van der Waals surface area contributed by atoms with E-state index in [2.05, 4.69) is 21.2 Å². The summed E-state index contributed by atoms with van der Waals surface area (Å²) in [5.74, 6) is 0.477. The van der Waals surface area contributed by atoms with Crippen LogP contribution in [0.25, 0.3) is 6.08 Å². The van der Waals surface area contributed by atoms with Gasteiger partial charge in [-0.05, 0) is 61.1 Å². The number of ether oxygens (including phenoxy) is 1. The van der Waals surface area contributed by atoms with Crippen molar-refractivity contribution < 1.29 is 9.53 Å². The molecule has 1 saturated heterocycles. The predicted octanol–water partition coefficient (Wildman–Crippen LogP) is 5.41. The van der Waals surface area contributed by atoms with Crippen molar-refractivity contribution in [3.8, 4) is 5.75 Å². The molecule has 0 aliphatic carbocycles. The smallest absolute Gasteiger partial charge is 0.276 e. The number of halogens is 3. The molecular weight excluding hydrogens is 471 g/mol. The fraction of sp³-hybridized carbons (Fsp3) is 0.158. The van der Waals surface area contributed by atoms with Crippen LogP contribution >= 0.6 is 51.3 Å². The highest BCUT2D eigenvalue weighted by molar-refractivity contribution is 9.10. The van der Waals surface area contributed by atoms with Crippen LogP contribution in [-0.2, 0) is 11.4 Å². The van der Waals surface area contributed by atoms with E-state index in [9.17, 15) is 4.79 Å². The molecule has 0 spiro atoms. The van der Waals surface area contributed by atoms with Crippen molar-refractivity contribution in [3.05, 3.63) is 67.7 Å². The molecule has 1 amide bonds. The number of rotatable bonds is 5. The van der Waals surface area contributed by atoms with Gasteiger partial charge >= 0.3 is 0 Å². The highest BCUT2D eigenvalue weighted by Gasteiger charge is 2.29. The van der Waals surface area contributed by atoms with Crippen LogP contribution in [0.5, 0.6) is 5.75 Å². The van der Waals surface area contributed by atoms with Crippen molar-refractivity contribution in [2.24, 2.45) is 0 Å². The summed E-state index contributed by atoms with van der Waals surface area (Å²) in [6.07, 6.45) is 1.74. The summed E-state index contributed by atoms with van der Waals surface area (Å²) in [6.45, 7) is 2.70. The molecule has 0 bridgehead atoms. The highest BCUT2D eigenvalue weighted by Crippen LogP contribution is 2.28. The number of nitrogens with zero attached hydrogens (tertiary/aromatic N) is 1. The lowest BCUT2D eigenvalue weighted by molar-refractivity contribution is -0.122. The quantitative estimate of drug-likeness (QED) is 0.454. The van der Waals surface area contributed by atoms with Gasteiger partial charge in [-0.1, -0.05) is 45.2 Å². The van der Waals surface area contributed by atoms with E-state index in [0.717, 1.165) is 15.6 Å². The van der Waals surface area contributed by atoms with Crippen LogP contribution in [0.4, 0.5) is 0 Å². The van der Waals surface area contributed by atoms with Gasteiger partial charge in [-0.2, -0.15) is 0 Å². The van der Waals surface area contributed by atoms with E-state index in [1.54, 1.807) is 18.2 Å². The summed E-state index contributed by atoms with van der Waals surface area (Å²) in [4.78, 5) is 13.9. The average Bonchev–Trinajstić information content (AvgIpc) is 2.90. The number of thiocarbonyl (C=S) groups is 1. The fourth-order valence-corrected chi connectivity index (χ4v) is 3.59. The Balaban J connectivity index is 1.85. The van der Waals surface area contributed by atoms with E-state index in [1.165, 1.54) is 4.90 Å². The topological polar surface area (TPSA) is 41.6 Å². The standard InChI is InChI=1S/C19H15BrCl2N2O2S/c1-2-24-18(25)16(23-19(24)27)9-12-8-13(20)4-6-17(12)26-10-11-3-5-14(21)15(22)7-11/h3-9H,2,10H2,1H3,(H,23,27)/b16-9-. The Morgan fingerprint density at radius 2 is 2.00 bits per heavy atom. The molecule has 1 heterocycles. The summed E-state index contributed by atoms with van der Waals surface area (Å²) >= 11 is 20.6. The number of hydrogen-bond acceptors (Lipinski definition) is 3. The van der Waals surface area contributed by atoms with Crippen LogP contribution in [0, 0.1) is 0 Å². The van der Waals surface area contributed by atoms with Gasteiger partial charge in [-0.25, -0.2) is 0 Å². The second kappa shape index (κ2) is 8.61. The van der Waals surface area contributed by atoms with Crippen molar-refractivity contribution >= 4 is 68.4 Å². The monoisotopic (exact) mass is 484 g/mol. The first-order chi connectivity index (χ1) is 12.9. The molecule has 1 aliphatic rings. The average molecular weight is 486 g/mol. The number of carbonyl (C=O) groups is 1. The zero-order valence-corrected chi connectivity index (χ0v) is 18.2. The molecule has 2 aromatic rings. The van der Waals surface area contributed by atoms with Gasteiger partial charge in [0.2, 0.25) is 0 Å². The Bertz CT molecular complexity index is 949. The van der Waals surface area contributed by atoms with Gasteiger partial charge in [0.25, 0.3) is 5.91 Å². The first-order valence-corrected chi connectivity index (χ1v) is 10.1. The Kier molecular flexibility index (Phi) is 6.42. The minimum Gasteiger partial charge on any atom is -0.488 e. The molecule has 0 radical (unpaired) electrons. The number of likely N-dealkylation sites (N-methyl/N-ethyl adjacent to an activating group) is 1. The molecule has 0 saturated carbocycles. The second-order valence-corrected chi connectivity index (χ2v) is 7.87. The SMILES string of the molecule is CCN1C(=O)/C(=C/c2cc(Br)ccc2OCc2ccc(Cl)c(Cl)c2)NC1=S. The molecule has 2 aromatic carbocycles. The van der Waals surface area contributed by atoms with Crippen molar-refractivity contribution in [2.45, 2.75) is 13.5 Å². The number of hydrogen-bond donors (Lipinski definition) is 1. The Morgan fingerprint density at radius 1 is 1.22 bits per heavy atom. The number of nitrogens with one attached hydrogen (secondary N) is 1. The number of carbonyl (C=O) groups excluding carboxylic acids is 1. The molecule has 0 atom stereocenters. The first-order valence-electron chi connectivity index (χ1n) is 8.10. The normalized spacial score (nSPS) is 15.4. The lowest BCUT2D eigenvalue weighted by Gasteiger charge is -2.11. The van der Waals surface area contributed by atoms with Crippen molar-refractivity contribution in [3.63, 3.8) is 0 Å². The van der Waals surface area contributed by atoms with E-state index < -0.39 is 0 Å². The zero-order chi connectivity index (χ0) is 19.6. The minimum absolute atomic E-state index is 0.155. The molecule has 27 heavy (non-hydrogen) atoms. The third kappa shape index (κ3) is 4.63. The molecule has 4 nitrogen and oxygen atoms in total. The van der Waals surface area contributed by atoms with Gasteiger partial charge in [0.05, 0.1) is 10.0 Å². The predicted molar refractivity (Wildman–Crippen MR) is 116 cm³/mol. The first kappa shape index (κ1) is 20.1. The molecule has 0 aromatic heterocycles. The molecule has 1 N–H and O–H groups in total. The maximum atomic E-state index is 12.4. The number of amides is 1. The van der Waals surface area contributed by atoms with Gasteiger partial charge in [0.1, 0.15) is 18.1 Å². The Morgan fingerprint density at radius 3 is 2.67 bits per heavy atom. The Hall–Kier alpha value is -1.60. The zero-order valence-electron chi connectivity index (χ0n) is 14.3. The van der Waals surface area contributed by atoms with Crippen molar-refractivity contribution in [2.75, 3.05) is 6.54 Å². The van der Waals surface area contributed by atoms with Crippen molar-refractivity contribution in [1.82, 2.24) is 10.2 Å². The lowest BCUT2D eigenvalue weighted by atomic mass is 10.1. The molecule has 1 aliphatic heterocycles. The summed E-state index contributed by atoms with van der Waals surface area (Å²) < 4.78 is 6.82. The maximum Gasteiger partial charge on any atom is 0.276 e. The van der Waals surface area contributed by atoms with Crippen LogP contribution in [0.2, 0.25) is 10.0 Å². The molecular formula is C19H15BrCl2N2O2S. The van der Waals surface area contributed by atoms with E-state index >= 15 is 0 Å². The largest absolute Gasteiger partial charge is 0.488 e. The van der Waals surface area contributed by atoms with E-state index in [4.69, 9.17) is 40.2 Å². The Labute approximate surface area is 181 Å². The van der Waals surface area contributed by atoms with E-state index in [-0.39, 0.29) is 5.91 Å². The molecule has 1 fully saturated rings. The van der Waals surface area contributed by atoms with Gasteiger partial charge in [0, 0.05) is 16.6 Å². The van der Waals surface area contributed by atoms with Crippen LogP contribution in [0.3, 0.4) is 0 Å². The van der Waals surface area contributed by atoms with Crippen LogP contribution in [0.1, 0.15) is 18.1 Å². The van der Waals surface area contributed by atoms with Crippen molar-refractivity contribution in [1.29, 1.82) is 0 Å². The van der Waals surface area contributed by atoms with Gasteiger partial charge in [0.15, 0.2) is 5.11 Å². The maximum absolute atomic E-state index is 12.4. The third-order valence-corrected chi connectivity index (χ3v) is 5.48. The lowest BCUT2D eigenvalue weighted by Crippen LogP contribution is -2.30. The van der Waals surface area contributed by atoms with Gasteiger partial charge in [-0.15, -0.1) is 0 Å². The molecule has 0 unspecified atom stereocenters. The third-order valence-electron chi connectivity index (χ3n) is 3.93. The van der Waals surface area contributed by atoms with Crippen LogP contribution < -0.4 is 10.1 Å². The summed E-state index contributed by atoms with van der Waals surface area (Å²) in [6, 6.07) is 10.9. The summed E-state index contributed by atoms with van der Waals surface area (Å²) in [7, 11) is 0. The fourth-order valence-electron chi connectivity index (χ4n) is 2.57. The highest BCUT2D eigenvalue weighted by atomic mass is 79.9.